The van der Waals surface area contributed by atoms with Gasteiger partial charge in [-0.05, 0) is 0 Å². The summed E-state index contributed by atoms with van der Waals surface area (Å²) >= 11 is 0. The van der Waals surface area contributed by atoms with E-state index in [4.69, 9.17) is 0 Å². The van der Waals surface area contributed by atoms with Crippen LogP contribution in [0.15, 0.2) is 0 Å². The van der Waals surface area contributed by atoms with E-state index in [2.05, 4.69) is 9.72 Å². The molecule has 0 saturated heterocycles. The molecule has 0 unspecified atom stereocenters. The Bertz CT molecular complexity index is 391. The highest BCUT2D eigenvalue weighted by Gasteiger charge is 2.28. The van der Waals surface area contributed by atoms with Crippen molar-refractivity contribution >= 4 is 0 Å². The molecule has 0 aliphatic carbocycles. The van der Waals surface area contributed by atoms with Gasteiger partial charge in [-0.1, -0.05) is 0 Å². The van der Waals surface area contributed by atoms with Crippen molar-refractivity contribution in [2.45, 2.75) is 12.6 Å². The smallest absolute Gasteiger partial charge is 0.392 e. The summed E-state index contributed by atoms with van der Waals surface area (Å²) in [6.07, 6.45) is -6.13. The third kappa shape index (κ3) is 3.46. The summed E-state index contributed by atoms with van der Waals surface area (Å²) < 4.78 is 89.7. The molecule has 0 amide bonds. The van der Waals surface area contributed by atoms with Gasteiger partial charge in [0.25, 0.3) is 11.9 Å². The molecule has 0 aliphatic rings. The first-order valence-electron chi connectivity index (χ1n) is 4.12. The molecule has 1 aromatic heterocycles. The van der Waals surface area contributed by atoms with Crippen LogP contribution in [0.5, 0.6) is 5.75 Å². The number of hydrogen-bond donors (Lipinski definition) is 0. The third-order valence-corrected chi connectivity index (χ3v) is 1.59. The Balaban J connectivity index is 2.84. The molecule has 0 aromatic carbocycles. The topological polar surface area (TPSA) is 22.1 Å². The van der Waals surface area contributed by atoms with E-state index in [-0.39, 0.29) is 0 Å². The van der Waals surface area contributed by atoms with Crippen LogP contribution in [0, 0.1) is 23.5 Å². The summed E-state index contributed by atoms with van der Waals surface area (Å²) in [7, 11) is 0. The van der Waals surface area contributed by atoms with Crippen molar-refractivity contribution in [1.82, 2.24) is 4.98 Å². The normalized spacial score (nSPS) is 11.7. The Morgan fingerprint density at radius 1 is 0.941 bits per heavy atom. The van der Waals surface area contributed by atoms with E-state index in [0.29, 0.717) is 0 Å². The van der Waals surface area contributed by atoms with Gasteiger partial charge in [-0.2, -0.15) is 35.7 Å². The van der Waals surface area contributed by atoms with Crippen molar-refractivity contribution in [1.29, 1.82) is 0 Å². The lowest BCUT2D eigenvalue weighted by molar-refractivity contribution is -0.139. The van der Waals surface area contributed by atoms with Gasteiger partial charge in [0, 0.05) is 0 Å². The van der Waals surface area contributed by atoms with Gasteiger partial charge >= 0.3 is 6.18 Å². The SMILES string of the molecule is Fc1nc(F)c(F)c(OCCC(F)(F)F)c1F. The minimum Gasteiger partial charge on any atom is -0.487 e. The first-order valence-corrected chi connectivity index (χ1v) is 4.12. The molecule has 96 valence electrons. The predicted molar refractivity (Wildman–Crippen MR) is 40.2 cm³/mol. The Hall–Kier alpha value is -1.54. The van der Waals surface area contributed by atoms with Crippen molar-refractivity contribution in [3.8, 4) is 5.75 Å². The highest BCUT2D eigenvalue weighted by molar-refractivity contribution is 5.24. The highest BCUT2D eigenvalue weighted by atomic mass is 19.4. The summed E-state index contributed by atoms with van der Waals surface area (Å²) in [4.78, 5) is 2.20. The molecule has 0 N–H and O–H groups in total. The molecular weight excluding hydrogens is 259 g/mol. The van der Waals surface area contributed by atoms with Crippen molar-refractivity contribution in [2.24, 2.45) is 0 Å². The molecule has 0 fully saturated rings. The van der Waals surface area contributed by atoms with Crippen LogP contribution in [0.2, 0.25) is 0 Å². The molecule has 9 heteroatoms. The van der Waals surface area contributed by atoms with Gasteiger partial charge in [0.05, 0.1) is 13.0 Å². The molecule has 0 spiro atoms. The maximum Gasteiger partial charge on any atom is 0.392 e. The number of aromatic nitrogens is 1. The lowest BCUT2D eigenvalue weighted by Gasteiger charge is -2.10. The van der Waals surface area contributed by atoms with E-state index >= 15 is 0 Å². The number of pyridine rings is 1. The maximum atomic E-state index is 12.8. The van der Waals surface area contributed by atoms with Gasteiger partial charge in [-0.3, -0.25) is 0 Å². The molecule has 0 aliphatic heterocycles. The Morgan fingerprint density at radius 2 is 1.41 bits per heavy atom. The van der Waals surface area contributed by atoms with E-state index in [1.54, 1.807) is 0 Å². The predicted octanol–water partition coefficient (Wildman–Crippen LogP) is 2.97. The quantitative estimate of drug-likeness (QED) is 0.617. The molecule has 0 bridgehead atoms. The third-order valence-electron chi connectivity index (χ3n) is 1.59. The summed E-state index contributed by atoms with van der Waals surface area (Å²) in [5.74, 6) is -9.51. The second kappa shape index (κ2) is 4.76. The molecule has 1 aromatic rings. The number of ether oxygens (including phenoxy) is 1. The van der Waals surface area contributed by atoms with Gasteiger partial charge in [-0.25, -0.2) is 0 Å². The second-order valence-corrected chi connectivity index (χ2v) is 2.86. The first kappa shape index (κ1) is 13.5. The molecule has 1 heterocycles. The zero-order valence-electron chi connectivity index (χ0n) is 7.92. The van der Waals surface area contributed by atoms with Gasteiger partial charge in [0.15, 0.2) is 5.75 Å². The van der Waals surface area contributed by atoms with E-state index in [0.717, 1.165) is 0 Å². The zero-order valence-corrected chi connectivity index (χ0v) is 7.92. The summed E-state index contributed by atoms with van der Waals surface area (Å²) in [6, 6.07) is 0. The lowest BCUT2D eigenvalue weighted by Crippen LogP contribution is -2.15. The number of hydrogen-bond acceptors (Lipinski definition) is 2. The largest absolute Gasteiger partial charge is 0.487 e. The van der Waals surface area contributed by atoms with Crippen molar-refractivity contribution in [3.63, 3.8) is 0 Å². The van der Waals surface area contributed by atoms with Crippen LogP contribution >= 0.6 is 0 Å². The number of alkyl halides is 3. The molecule has 17 heavy (non-hydrogen) atoms. The Morgan fingerprint density at radius 3 is 1.82 bits per heavy atom. The van der Waals surface area contributed by atoms with Crippen LogP contribution in [0.25, 0.3) is 0 Å². The van der Waals surface area contributed by atoms with E-state index in [1.807, 2.05) is 0 Å². The second-order valence-electron chi connectivity index (χ2n) is 2.86. The summed E-state index contributed by atoms with van der Waals surface area (Å²) in [6.45, 7) is -1.17. The molecule has 2 nitrogen and oxygen atoms in total. The van der Waals surface area contributed by atoms with Crippen LogP contribution < -0.4 is 4.74 Å². The number of nitrogens with zero attached hydrogens (tertiary/aromatic N) is 1. The van der Waals surface area contributed by atoms with Crippen molar-refractivity contribution in [2.75, 3.05) is 6.61 Å². The van der Waals surface area contributed by atoms with Crippen LogP contribution in [0.4, 0.5) is 30.7 Å². The first-order chi connectivity index (χ1) is 7.72. The van der Waals surface area contributed by atoms with Gasteiger partial charge in [0.1, 0.15) is 0 Å². The van der Waals surface area contributed by atoms with E-state index < -0.39 is 48.5 Å². The molecular formula is C8H4F7NO. The van der Waals surface area contributed by atoms with E-state index in [9.17, 15) is 30.7 Å². The fourth-order valence-electron chi connectivity index (χ4n) is 0.864. The summed E-state index contributed by atoms with van der Waals surface area (Å²) in [5, 5.41) is 0. The molecule has 0 radical (unpaired) electrons. The van der Waals surface area contributed by atoms with E-state index in [1.165, 1.54) is 0 Å². The van der Waals surface area contributed by atoms with Crippen LogP contribution in [0.1, 0.15) is 6.42 Å². The maximum absolute atomic E-state index is 12.8. The van der Waals surface area contributed by atoms with Crippen LogP contribution in [0.3, 0.4) is 0 Å². The Labute approximate surface area is 90.0 Å². The monoisotopic (exact) mass is 263 g/mol. The van der Waals surface area contributed by atoms with Gasteiger partial charge in [0.2, 0.25) is 11.6 Å². The van der Waals surface area contributed by atoms with Gasteiger partial charge in [-0.15, -0.1) is 0 Å². The molecule has 0 atom stereocenters. The number of rotatable bonds is 3. The zero-order chi connectivity index (χ0) is 13.2. The summed E-state index contributed by atoms with van der Waals surface area (Å²) in [5.41, 5.74) is 0. The van der Waals surface area contributed by atoms with Gasteiger partial charge < -0.3 is 4.74 Å². The molecule has 1 rings (SSSR count). The van der Waals surface area contributed by atoms with Crippen molar-refractivity contribution in [3.05, 3.63) is 23.5 Å². The average Bonchev–Trinajstić information content (AvgIpc) is 2.19. The highest BCUT2D eigenvalue weighted by Crippen LogP contribution is 2.26. The van der Waals surface area contributed by atoms with Crippen LogP contribution in [-0.2, 0) is 0 Å². The standard InChI is InChI=1S/C8H4F7NO/c9-3-5(17-2-1-8(13,14)15)4(10)7(12)16-6(3)11/h1-2H2. The minimum absolute atomic E-state index is 1.17. The fraction of sp³-hybridized carbons (Fsp3) is 0.375. The lowest BCUT2D eigenvalue weighted by atomic mass is 10.4. The van der Waals surface area contributed by atoms with Crippen LogP contribution in [-0.4, -0.2) is 17.8 Å². The average molecular weight is 263 g/mol. The fourth-order valence-corrected chi connectivity index (χ4v) is 0.864. The Kier molecular flexibility index (Phi) is 3.79. The minimum atomic E-state index is -4.61. The number of halogens is 7. The van der Waals surface area contributed by atoms with Crippen molar-refractivity contribution < 1.29 is 35.5 Å². The molecule has 0 saturated carbocycles.